The fourth-order valence-electron chi connectivity index (χ4n) is 5.67. The number of halogens is 2. The first-order valence-corrected chi connectivity index (χ1v) is 19.7. The van der Waals surface area contributed by atoms with Crippen molar-refractivity contribution in [2.75, 3.05) is 0 Å². The predicted octanol–water partition coefficient (Wildman–Crippen LogP) is 12.8. The molecule has 4 heteroatoms. The van der Waals surface area contributed by atoms with Crippen LogP contribution in [0.5, 0.6) is 0 Å². The zero-order valence-electron chi connectivity index (χ0n) is 27.2. The number of hydrogen-bond donors (Lipinski definition) is 0. The largest absolute Gasteiger partial charge is 0.184 e. The molecule has 0 aliphatic heterocycles. The fraction of sp³-hybridized carbons (Fsp3) is 0.0222. The third-order valence-corrected chi connectivity index (χ3v) is 7.71. The van der Waals surface area contributed by atoms with E-state index in [2.05, 4.69) is 153 Å². The predicted molar refractivity (Wildman–Crippen MR) is 215 cm³/mol. The Morgan fingerprint density at radius 3 is 1.35 bits per heavy atom. The molecule has 49 heavy (non-hydrogen) atoms. The van der Waals surface area contributed by atoms with Gasteiger partial charge in [0.05, 0.1) is 0 Å². The molecule has 0 saturated carbocycles. The van der Waals surface area contributed by atoms with Gasteiger partial charge in [-0.3, -0.25) is 0 Å². The van der Waals surface area contributed by atoms with Gasteiger partial charge in [-0.2, -0.15) is 78.9 Å². The van der Waals surface area contributed by atoms with Crippen LogP contribution in [0.2, 0.25) is 0 Å². The van der Waals surface area contributed by atoms with Gasteiger partial charge in [-0.25, -0.2) is 0 Å². The zero-order chi connectivity index (χ0) is 32.7. The monoisotopic (exact) mass is 764 g/mol. The van der Waals surface area contributed by atoms with Crippen molar-refractivity contribution in [3.8, 4) is 11.1 Å². The maximum absolute atomic E-state index is 3.06. The molecule has 0 unspecified atom stereocenters. The van der Waals surface area contributed by atoms with Crippen LogP contribution in [0.1, 0.15) is 5.56 Å². The van der Waals surface area contributed by atoms with Gasteiger partial charge in [0.15, 0.2) is 0 Å². The van der Waals surface area contributed by atoms with Crippen LogP contribution in [0.25, 0.3) is 54.2 Å². The molecule has 0 nitrogen and oxygen atoms in total. The maximum Gasteiger partial charge on any atom is -0.0771 e. The normalized spacial score (nSPS) is 9.55. The van der Waals surface area contributed by atoms with Crippen LogP contribution < -0.4 is 0 Å². The second kappa shape index (κ2) is 21.1. The quantitative estimate of drug-likeness (QED) is 0.115. The van der Waals surface area contributed by atoms with Gasteiger partial charge >= 0.3 is 30.2 Å². The number of hydrogen-bond acceptors (Lipinski definition) is 0. The molecule has 9 aromatic carbocycles. The smallest absolute Gasteiger partial charge is 0.0771 e. The molecule has 0 aliphatic rings. The first kappa shape index (κ1) is 39.4. The molecular weight excluding hydrogens is 731 g/mol. The molecule has 0 amide bonds. The van der Waals surface area contributed by atoms with Gasteiger partial charge in [0.1, 0.15) is 0 Å². The average molecular weight is 767 g/mol. The third kappa shape index (κ3) is 10.7. The molecule has 0 atom stereocenters. The van der Waals surface area contributed by atoms with E-state index in [0.29, 0.717) is 0 Å². The van der Waals surface area contributed by atoms with Crippen molar-refractivity contribution in [2.45, 2.75) is 6.92 Å². The Hall–Kier alpha value is -4.04. The minimum atomic E-state index is 0. The van der Waals surface area contributed by atoms with Crippen LogP contribution in [-0.4, -0.2) is 6.88 Å². The van der Waals surface area contributed by atoms with Crippen LogP contribution in [0.15, 0.2) is 188 Å². The SMILES string of the molecule is Cc1cc2c(-c3cccc4ccccc34)cccc2[cH-]1.Cl.Cl.[Si]=[Zr].[c-]1ccccc1.[c-]1ccccc1.c1ccc2c(c1)[cH-]c1ccccc12. The van der Waals surface area contributed by atoms with E-state index < -0.39 is 0 Å². The molecule has 0 spiro atoms. The first-order valence-electron chi connectivity index (χ1n) is 15.5. The molecular formula is C45H36Cl2SiZr-4. The van der Waals surface area contributed by atoms with Crippen LogP contribution in [0.4, 0.5) is 0 Å². The van der Waals surface area contributed by atoms with E-state index in [0.717, 1.165) is 0 Å². The van der Waals surface area contributed by atoms with Gasteiger partial charge in [-0.1, -0.05) is 97.4 Å². The van der Waals surface area contributed by atoms with Crippen molar-refractivity contribution < 1.29 is 23.3 Å². The Morgan fingerprint density at radius 2 is 0.837 bits per heavy atom. The summed E-state index contributed by atoms with van der Waals surface area (Å²) in [5.41, 5.74) is 3.97. The molecule has 0 fully saturated rings. The van der Waals surface area contributed by atoms with E-state index in [9.17, 15) is 0 Å². The summed E-state index contributed by atoms with van der Waals surface area (Å²) in [6.07, 6.45) is 0. The molecule has 0 saturated heterocycles. The standard InChI is InChI=1S/C20H15.C13H9.2C6H5.2ClH.Si.Zr/c1-14-12-16-8-5-11-19(20(16)13-14)18-10-4-7-15-6-2-3-9-17(15)18;1-3-7-12-10(5-1)9-11-6-2-4-8-13(11)12;2*1-2-4-6-5-3-1;;;;/h2-13H,1H3;1-9H;2*1-5H;2*1H;;/q4*-1;;;;. The van der Waals surface area contributed by atoms with E-state index in [-0.39, 0.29) is 24.8 Å². The van der Waals surface area contributed by atoms with Crippen molar-refractivity contribution in [3.05, 3.63) is 206 Å². The average Bonchev–Trinajstić information content (AvgIpc) is 3.74. The Labute approximate surface area is 319 Å². The molecule has 9 rings (SSSR count). The van der Waals surface area contributed by atoms with E-state index in [1.807, 2.05) is 60.7 Å². The van der Waals surface area contributed by atoms with Crippen LogP contribution in [0, 0.1) is 19.1 Å². The molecule has 0 heterocycles. The van der Waals surface area contributed by atoms with E-state index in [4.69, 9.17) is 0 Å². The topological polar surface area (TPSA) is 0 Å². The Balaban J connectivity index is 0.000000193. The third-order valence-electron chi connectivity index (χ3n) is 7.71. The maximum atomic E-state index is 3.06. The number of benzene rings is 7. The van der Waals surface area contributed by atoms with Crippen LogP contribution in [-0.2, 0) is 23.3 Å². The van der Waals surface area contributed by atoms with Gasteiger partial charge in [-0.15, -0.1) is 99.1 Å². The van der Waals surface area contributed by atoms with Gasteiger partial charge < -0.3 is 0 Å². The van der Waals surface area contributed by atoms with Gasteiger partial charge in [0, 0.05) is 0 Å². The molecule has 242 valence electrons. The van der Waals surface area contributed by atoms with E-state index in [1.54, 1.807) is 0 Å². The summed E-state index contributed by atoms with van der Waals surface area (Å²) < 4.78 is 0. The number of aryl methyl sites for hydroxylation is 1. The molecule has 0 N–H and O–H groups in total. The summed E-state index contributed by atoms with van der Waals surface area (Å²) in [5.74, 6) is 0. The summed E-state index contributed by atoms with van der Waals surface area (Å²) in [6, 6.07) is 70.5. The van der Waals surface area contributed by atoms with E-state index >= 15 is 0 Å². The molecule has 0 aromatic heterocycles. The van der Waals surface area contributed by atoms with Crippen LogP contribution in [0.3, 0.4) is 0 Å². The number of rotatable bonds is 1. The van der Waals surface area contributed by atoms with Crippen molar-refractivity contribution in [2.24, 2.45) is 0 Å². The molecule has 0 bridgehead atoms. The minimum Gasteiger partial charge on any atom is -0.184 e. The van der Waals surface area contributed by atoms with Gasteiger partial charge in [0.25, 0.3) is 0 Å². The van der Waals surface area contributed by atoms with Crippen molar-refractivity contribution in [3.63, 3.8) is 0 Å². The second-order valence-electron chi connectivity index (χ2n) is 10.8. The second-order valence-corrected chi connectivity index (χ2v) is 10.8. The van der Waals surface area contributed by atoms with Crippen molar-refractivity contribution >= 4 is 74.8 Å². The van der Waals surface area contributed by atoms with Crippen LogP contribution >= 0.6 is 24.8 Å². The van der Waals surface area contributed by atoms with Gasteiger partial charge in [0.2, 0.25) is 0 Å². The number of fused-ring (bicyclic) bond motifs is 5. The summed E-state index contributed by atoms with van der Waals surface area (Å²) in [4.78, 5) is 0. The summed E-state index contributed by atoms with van der Waals surface area (Å²) in [7, 11) is 0. The summed E-state index contributed by atoms with van der Waals surface area (Å²) in [6.45, 7) is 5.22. The summed E-state index contributed by atoms with van der Waals surface area (Å²) in [5, 5.41) is 10.7. The molecule has 9 aromatic rings. The minimum absolute atomic E-state index is 0. The Bertz CT molecular complexity index is 2120. The summed E-state index contributed by atoms with van der Waals surface area (Å²) >= 11 is 1.36. The first-order chi connectivity index (χ1) is 23.3. The van der Waals surface area contributed by atoms with Gasteiger partial charge in [-0.05, 0) is 16.3 Å². The fourth-order valence-corrected chi connectivity index (χ4v) is 5.67. The van der Waals surface area contributed by atoms with Crippen molar-refractivity contribution in [1.82, 2.24) is 0 Å². The Morgan fingerprint density at radius 1 is 0.429 bits per heavy atom. The Kier molecular flexibility index (Phi) is 17.0. The van der Waals surface area contributed by atoms with E-state index in [1.165, 1.54) is 83.1 Å². The molecule has 0 aliphatic carbocycles. The molecule has 2 radical (unpaired) electrons. The van der Waals surface area contributed by atoms with Crippen molar-refractivity contribution in [1.29, 1.82) is 0 Å². The zero-order valence-corrected chi connectivity index (χ0v) is 32.3.